The van der Waals surface area contributed by atoms with Crippen LogP contribution in [0.3, 0.4) is 0 Å². The van der Waals surface area contributed by atoms with Crippen LogP contribution in [0.5, 0.6) is 0 Å². The van der Waals surface area contributed by atoms with Crippen molar-refractivity contribution in [1.29, 1.82) is 0 Å². The molecule has 2 nitrogen and oxygen atoms in total. The van der Waals surface area contributed by atoms with Crippen LogP contribution in [0.15, 0.2) is 27.6 Å². The molecule has 0 radical (unpaired) electrons. The lowest BCUT2D eigenvalue weighted by molar-refractivity contribution is -0.129. The zero-order valence-corrected chi connectivity index (χ0v) is 11.3. The summed E-state index contributed by atoms with van der Waals surface area (Å²) in [6, 6.07) is 4.16. The largest absolute Gasteiger partial charge is 0.390 e. The second kappa shape index (κ2) is 4.97. The predicted molar refractivity (Wildman–Crippen MR) is 61.6 cm³/mol. The molecule has 0 unspecified atom stereocenters. The van der Waals surface area contributed by atoms with Gasteiger partial charge < -0.3 is 0 Å². The first kappa shape index (κ1) is 14.5. The molecule has 0 fully saturated rings. The number of rotatable bonds is 3. The zero-order chi connectivity index (χ0) is 13.3. The van der Waals surface area contributed by atoms with Crippen molar-refractivity contribution >= 4 is 25.8 Å². The van der Waals surface area contributed by atoms with Crippen molar-refractivity contribution in [2.45, 2.75) is 24.4 Å². The number of aryl methyl sites for hydroxylation is 1. The highest BCUT2D eigenvalue weighted by atomic mass is 79.9. The summed E-state index contributed by atoms with van der Waals surface area (Å²) >= 11 is 3.19. The molecule has 0 N–H and O–H groups in total. The van der Waals surface area contributed by atoms with Gasteiger partial charge in [0, 0.05) is 4.47 Å². The van der Waals surface area contributed by atoms with Crippen LogP contribution >= 0.6 is 15.9 Å². The fraction of sp³-hybridized carbons (Fsp3) is 0.400. The monoisotopic (exact) mass is 330 g/mol. The highest BCUT2D eigenvalue weighted by molar-refractivity contribution is 9.10. The molecule has 0 spiro atoms. The van der Waals surface area contributed by atoms with Crippen molar-refractivity contribution in [3.63, 3.8) is 0 Å². The second-order valence-electron chi connectivity index (χ2n) is 3.60. The topological polar surface area (TPSA) is 34.1 Å². The van der Waals surface area contributed by atoms with Gasteiger partial charge in [0.05, 0.1) is 17.1 Å². The van der Waals surface area contributed by atoms with E-state index in [1.165, 1.54) is 18.2 Å². The summed E-state index contributed by atoms with van der Waals surface area (Å²) in [4.78, 5) is -0.0811. The smallest absolute Gasteiger partial charge is 0.224 e. The Morgan fingerprint density at radius 1 is 1.29 bits per heavy atom. The average molecular weight is 331 g/mol. The Morgan fingerprint density at radius 2 is 1.88 bits per heavy atom. The minimum atomic E-state index is -4.46. The first-order valence-electron chi connectivity index (χ1n) is 4.67. The fourth-order valence-corrected chi connectivity index (χ4v) is 2.79. The highest BCUT2D eigenvalue weighted by Gasteiger charge is 2.30. The summed E-state index contributed by atoms with van der Waals surface area (Å²) in [5, 5.41) is 0. The molecule has 0 atom stereocenters. The van der Waals surface area contributed by atoms with Gasteiger partial charge in [0.2, 0.25) is 0 Å². The molecule has 0 aromatic heterocycles. The van der Waals surface area contributed by atoms with E-state index in [2.05, 4.69) is 15.9 Å². The number of benzene rings is 1. The molecule has 0 aliphatic heterocycles. The van der Waals surface area contributed by atoms with Crippen LogP contribution in [0.4, 0.5) is 13.2 Å². The number of hydrogen-bond donors (Lipinski definition) is 0. The Morgan fingerprint density at radius 3 is 2.35 bits per heavy atom. The van der Waals surface area contributed by atoms with Crippen LogP contribution in [0.2, 0.25) is 0 Å². The lowest BCUT2D eigenvalue weighted by Gasteiger charge is -2.08. The lowest BCUT2D eigenvalue weighted by atomic mass is 10.2. The van der Waals surface area contributed by atoms with Gasteiger partial charge in [0.15, 0.2) is 9.84 Å². The molecule has 0 heterocycles. The van der Waals surface area contributed by atoms with E-state index in [1.54, 1.807) is 6.92 Å². The zero-order valence-electron chi connectivity index (χ0n) is 8.88. The summed E-state index contributed by atoms with van der Waals surface area (Å²) in [6.07, 6.45) is -5.79. The van der Waals surface area contributed by atoms with Crippen molar-refractivity contribution in [2.75, 3.05) is 5.75 Å². The van der Waals surface area contributed by atoms with Crippen LogP contribution in [0, 0.1) is 6.92 Å². The number of halogens is 4. The van der Waals surface area contributed by atoms with Gasteiger partial charge in [-0.15, -0.1) is 0 Å². The first-order valence-corrected chi connectivity index (χ1v) is 7.12. The minimum absolute atomic E-state index is 0.0811. The Labute approximate surface area is 106 Å². The minimum Gasteiger partial charge on any atom is -0.224 e. The van der Waals surface area contributed by atoms with Crippen LogP contribution in [0.1, 0.15) is 12.0 Å². The van der Waals surface area contributed by atoms with Gasteiger partial charge in [-0.3, -0.25) is 0 Å². The van der Waals surface area contributed by atoms with E-state index in [9.17, 15) is 21.6 Å². The first-order chi connectivity index (χ1) is 7.62. The van der Waals surface area contributed by atoms with Crippen LogP contribution in [-0.4, -0.2) is 20.3 Å². The third kappa shape index (κ3) is 4.31. The van der Waals surface area contributed by atoms with E-state index in [1.807, 2.05) is 0 Å². The maximum absolute atomic E-state index is 12.0. The fourth-order valence-electron chi connectivity index (χ4n) is 1.18. The van der Waals surface area contributed by atoms with E-state index < -0.39 is 28.2 Å². The van der Waals surface area contributed by atoms with Gasteiger partial charge in [-0.1, -0.05) is 15.9 Å². The van der Waals surface area contributed by atoms with Crippen molar-refractivity contribution in [1.82, 2.24) is 0 Å². The summed E-state index contributed by atoms with van der Waals surface area (Å²) < 4.78 is 59.9. The van der Waals surface area contributed by atoms with E-state index in [0.717, 1.165) is 0 Å². The van der Waals surface area contributed by atoms with Crippen LogP contribution in [0.25, 0.3) is 0 Å². The van der Waals surface area contributed by atoms with Crippen molar-refractivity contribution in [3.8, 4) is 0 Å². The maximum Gasteiger partial charge on any atom is 0.390 e. The lowest BCUT2D eigenvalue weighted by Crippen LogP contribution is -2.16. The standard InChI is InChI=1S/C10H10BrF3O2S/c1-7-6-8(2-3-9(7)11)17(15,16)5-4-10(12,13)14/h2-3,6H,4-5H2,1H3. The van der Waals surface area contributed by atoms with E-state index in [4.69, 9.17) is 0 Å². The number of sulfone groups is 1. The van der Waals surface area contributed by atoms with E-state index in [0.29, 0.717) is 10.0 Å². The summed E-state index contributed by atoms with van der Waals surface area (Å²) in [7, 11) is -3.87. The maximum atomic E-state index is 12.0. The molecule has 0 bridgehead atoms. The van der Waals surface area contributed by atoms with Gasteiger partial charge in [-0.2, -0.15) is 13.2 Å². The second-order valence-corrected chi connectivity index (χ2v) is 6.56. The SMILES string of the molecule is Cc1cc(S(=O)(=O)CCC(F)(F)F)ccc1Br. The molecule has 1 rings (SSSR count). The van der Waals surface area contributed by atoms with E-state index >= 15 is 0 Å². The van der Waals surface area contributed by atoms with Gasteiger partial charge >= 0.3 is 6.18 Å². The Hall–Kier alpha value is -0.560. The van der Waals surface area contributed by atoms with Gasteiger partial charge in [0.25, 0.3) is 0 Å². The van der Waals surface area contributed by atoms with Crippen molar-refractivity contribution < 1.29 is 21.6 Å². The molecule has 96 valence electrons. The Kier molecular flexibility index (Phi) is 4.24. The highest BCUT2D eigenvalue weighted by Crippen LogP contribution is 2.25. The third-order valence-electron chi connectivity index (χ3n) is 2.14. The molecular formula is C10H10BrF3O2S. The molecule has 1 aromatic carbocycles. The van der Waals surface area contributed by atoms with Crippen molar-refractivity contribution in [3.05, 3.63) is 28.2 Å². The molecule has 0 aliphatic rings. The van der Waals surface area contributed by atoms with E-state index in [-0.39, 0.29) is 4.90 Å². The average Bonchev–Trinajstić information content (AvgIpc) is 2.18. The molecular weight excluding hydrogens is 321 g/mol. The normalized spacial score (nSPS) is 12.8. The molecule has 0 aliphatic carbocycles. The molecule has 0 saturated heterocycles. The number of alkyl halides is 3. The molecule has 0 amide bonds. The summed E-state index contributed by atoms with van der Waals surface area (Å²) in [6.45, 7) is 1.67. The van der Waals surface area contributed by atoms with Crippen LogP contribution in [-0.2, 0) is 9.84 Å². The Bertz CT molecular complexity index is 509. The van der Waals surface area contributed by atoms with Crippen LogP contribution < -0.4 is 0 Å². The van der Waals surface area contributed by atoms with Gasteiger partial charge in [-0.05, 0) is 30.7 Å². The van der Waals surface area contributed by atoms with Gasteiger partial charge in [-0.25, -0.2) is 8.42 Å². The molecule has 17 heavy (non-hydrogen) atoms. The molecule has 1 aromatic rings. The number of hydrogen-bond acceptors (Lipinski definition) is 2. The van der Waals surface area contributed by atoms with Gasteiger partial charge in [0.1, 0.15) is 0 Å². The predicted octanol–water partition coefficient (Wildman–Crippen LogP) is 3.48. The third-order valence-corrected chi connectivity index (χ3v) is 4.75. The quantitative estimate of drug-likeness (QED) is 0.850. The van der Waals surface area contributed by atoms with Crippen molar-refractivity contribution in [2.24, 2.45) is 0 Å². The summed E-state index contributed by atoms with van der Waals surface area (Å²) in [5.41, 5.74) is 0.665. The summed E-state index contributed by atoms with van der Waals surface area (Å²) in [5.74, 6) is -0.919. The Balaban J connectivity index is 2.94. The molecule has 7 heteroatoms. The molecule has 0 saturated carbocycles.